The molecule has 10 heteroatoms. The highest BCUT2D eigenvalue weighted by molar-refractivity contribution is 6.04. The molecule has 2 saturated carbocycles. The summed E-state index contributed by atoms with van der Waals surface area (Å²) in [4.78, 5) is 65.3. The largest absolute Gasteiger partial charge is 0.466 e. The molecule has 1 unspecified atom stereocenters. The van der Waals surface area contributed by atoms with Crippen LogP contribution in [0.5, 0.6) is 0 Å². The molecule has 0 spiro atoms. The maximum absolute atomic E-state index is 13.1. The molecule has 0 saturated heterocycles. The van der Waals surface area contributed by atoms with E-state index in [0.29, 0.717) is 16.7 Å². The van der Waals surface area contributed by atoms with Gasteiger partial charge in [0.05, 0.1) is 33.5 Å². The highest BCUT2D eigenvalue weighted by Gasteiger charge is 2.61. The Balaban J connectivity index is 2.18. The Hall–Kier alpha value is -3.17. The topological polar surface area (TPSA) is 132 Å². The zero-order chi connectivity index (χ0) is 26.7. The van der Waals surface area contributed by atoms with Crippen molar-refractivity contribution in [3.05, 3.63) is 22.3 Å². The van der Waals surface area contributed by atoms with Crippen LogP contribution in [0, 0.1) is 16.7 Å². The van der Waals surface area contributed by atoms with E-state index in [0.717, 1.165) is 5.57 Å². The summed E-state index contributed by atoms with van der Waals surface area (Å²) in [7, 11) is 1.25. The monoisotopic (exact) mass is 506 g/mol. The average molecular weight is 507 g/mol. The Morgan fingerprint density at radius 2 is 1.14 bits per heavy atom. The third kappa shape index (κ3) is 4.41. The molecule has 198 valence electrons. The first-order valence-corrected chi connectivity index (χ1v) is 12.4. The van der Waals surface area contributed by atoms with E-state index < -0.39 is 40.7 Å². The molecule has 0 heterocycles. The van der Waals surface area contributed by atoms with Gasteiger partial charge in [-0.2, -0.15) is 0 Å². The minimum atomic E-state index is -1.67. The smallest absolute Gasteiger partial charge is 0.334 e. The second kappa shape index (κ2) is 10.8. The van der Waals surface area contributed by atoms with Gasteiger partial charge in [-0.25, -0.2) is 4.79 Å². The molecule has 36 heavy (non-hydrogen) atoms. The highest BCUT2D eigenvalue weighted by atomic mass is 16.6. The predicted octanol–water partition coefficient (Wildman–Crippen LogP) is 2.59. The van der Waals surface area contributed by atoms with Gasteiger partial charge in [-0.05, 0) is 70.4 Å². The lowest BCUT2D eigenvalue weighted by Gasteiger charge is -2.25. The number of rotatable bonds is 9. The standard InChI is InChI=1S/C26H34O10/c1-6-33-21(28)25(22(29)34-7-2)11-15-10-16(20(27)32-5)18-13-26(23(30)35-8-3,24(31)36-9-4)14-19(18)17(15)12-25/h15H,6-14H2,1-5H3. The van der Waals surface area contributed by atoms with Gasteiger partial charge in [-0.15, -0.1) is 0 Å². The Bertz CT molecular complexity index is 982. The fraction of sp³-hybridized carbons (Fsp3) is 0.654. The van der Waals surface area contributed by atoms with Crippen molar-refractivity contribution in [1.29, 1.82) is 0 Å². The molecule has 0 aromatic carbocycles. The average Bonchev–Trinajstić information content (AvgIpc) is 3.45. The molecule has 0 amide bonds. The summed E-state index contributed by atoms with van der Waals surface area (Å²) in [6.45, 7) is 6.88. The van der Waals surface area contributed by atoms with Crippen molar-refractivity contribution >= 4 is 29.8 Å². The molecule has 3 rings (SSSR count). The molecular formula is C26H34O10. The van der Waals surface area contributed by atoms with E-state index >= 15 is 0 Å². The number of hydrogen-bond donors (Lipinski definition) is 0. The summed E-state index contributed by atoms with van der Waals surface area (Å²) >= 11 is 0. The van der Waals surface area contributed by atoms with Crippen molar-refractivity contribution in [1.82, 2.24) is 0 Å². The van der Waals surface area contributed by atoms with Crippen molar-refractivity contribution in [2.45, 2.75) is 59.8 Å². The normalized spacial score (nSPS) is 21.3. The summed E-state index contributed by atoms with van der Waals surface area (Å²) < 4.78 is 26.1. The molecule has 1 atom stereocenters. The molecule has 0 radical (unpaired) electrons. The maximum Gasteiger partial charge on any atom is 0.334 e. The van der Waals surface area contributed by atoms with Crippen molar-refractivity contribution in [3.8, 4) is 0 Å². The molecule has 3 aliphatic rings. The fourth-order valence-electron chi connectivity index (χ4n) is 5.65. The summed E-state index contributed by atoms with van der Waals surface area (Å²) in [5.41, 5.74) is -1.07. The zero-order valence-electron chi connectivity index (χ0n) is 21.5. The number of esters is 5. The van der Waals surface area contributed by atoms with Gasteiger partial charge in [-0.3, -0.25) is 19.2 Å². The van der Waals surface area contributed by atoms with Crippen LogP contribution in [0.25, 0.3) is 0 Å². The summed E-state index contributed by atoms with van der Waals surface area (Å²) in [5, 5.41) is 0. The lowest BCUT2D eigenvalue weighted by Crippen LogP contribution is -2.40. The first kappa shape index (κ1) is 27.4. The van der Waals surface area contributed by atoms with Crippen molar-refractivity contribution in [3.63, 3.8) is 0 Å². The number of allylic oxidation sites excluding steroid dienone is 3. The third-order valence-corrected chi connectivity index (χ3v) is 7.20. The van der Waals surface area contributed by atoms with Gasteiger partial charge in [0.15, 0.2) is 10.8 Å². The van der Waals surface area contributed by atoms with Crippen LogP contribution in [-0.2, 0) is 47.7 Å². The number of methoxy groups -OCH3 is 1. The Labute approximate surface area is 210 Å². The fourth-order valence-corrected chi connectivity index (χ4v) is 5.65. The second-order valence-electron chi connectivity index (χ2n) is 9.13. The van der Waals surface area contributed by atoms with Crippen molar-refractivity contribution < 1.29 is 47.7 Å². The SMILES string of the molecule is CCOC(=O)C1(C(=O)OCC)CC2=C(C(=O)OC)CC3CC(C(=O)OCC)(C(=O)OCC)CC3=C2C1. The number of carbonyl (C=O) groups is 5. The number of hydrogen-bond acceptors (Lipinski definition) is 10. The Morgan fingerprint density at radius 3 is 1.58 bits per heavy atom. The lowest BCUT2D eigenvalue weighted by molar-refractivity contribution is -0.173. The Morgan fingerprint density at radius 1 is 0.694 bits per heavy atom. The van der Waals surface area contributed by atoms with Crippen LogP contribution in [0.3, 0.4) is 0 Å². The quantitative estimate of drug-likeness (QED) is 0.261. The van der Waals surface area contributed by atoms with Crippen molar-refractivity contribution in [2.24, 2.45) is 16.7 Å². The van der Waals surface area contributed by atoms with Crippen LogP contribution in [0.1, 0.15) is 59.8 Å². The minimum absolute atomic E-state index is 0.0182. The zero-order valence-corrected chi connectivity index (χ0v) is 21.5. The van der Waals surface area contributed by atoms with E-state index in [1.54, 1.807) is 27.7 Å². The number of fused-ring (bicyclic) bond motifs is 2. The van der Waals surface area contributed by atoms with Crippen LogP contribution in [-0.4, -0.2) is 63.4 Å². The molecule has 0 bridgehead atoms. The maximum atomic E-state index is 13.1. The summed E-state index contributed by atoms with van der Waals surface area (Å²) in [6.07, 6.45) is 0.150. The van der Waals surface area contributed by atoms with Gasteiger partial charge in [0.1, 0.15) is 0 Å². The van der Waals surface area contributed by atoms with Crippen LogP contribution >= 0.6 is 0 Å². The van der Waals surface area contributed by atoms with Gasteiger partial charge < -0.3 is 23.7 Å². The van der Waals surface area contributed by atoms with Crippen LogP contribution in [0.4, 0.5) is 0 Å². The summed E-state index contributed by atoms with van der Waals surface area (Å²) in [5.74, 6) is -3.81. The second-order valence-corrected chi connectivity index (χ2v) is 9.13. The third-order valence-electron chi connectivity index (χ3n) is 7.20. The summed E-state index contributed by atoms with van der Waals surface area (Å²) in [6, 6.07) is 0. The van der Waals surface area contributed by atoms with Gasteiger partial charge >= 0.3 is 29.8 Å². The molecule has 2 fully saturated rings. The first-order chi connectivity index (χ1) is 17.1. The lowest BCUT2D eigenvalue weighted by atomic mass is 9.81. The van der Waals surface area contributed by atoms with Gasteiger partial charge in [0.2, 0.25) is 0 Å². The van der Waals surface area contributed by atoms with Gasteiger partial charge in [0.25, 0.3) is 0 Å². The number of carbonyl (C=O) groups excluding carboxylic acids is 5. The predicted molar refractivity (Wildman–Crippen MR) is 124 cm³/mol. The van der Waals surface area contributed by atoms with Gasteiger partial charge in [0, 0.05) is 12.0 Å². The molecule has 0 N–H and O–H groups in total. The van der Waals surface area contributed by atoms with E-state index in [4.69, 9.17) is 23.7 Å². The molecule has 0 aromatic heterocycles. The highest BCUT2D eigenvalue weighted by Crippen LogP contribution is 2.60. The van der Waals surface area contributed by atoms with E-state index in [2.05, 4.69) is 0 Å². The van der Waals surface area contributed by atoms with Crippen LogP contribution in [0.15, 0.2) is 22.3 Å². The first-order valence-electron chi connectivity index (χ1n) is 12.4. The molecular weight excluding hydrogens is 472 g/mol. The molecule has 3 aliphatic carbocycles. The molecule has 0 aromatic rings. The molecule has 10 nitrogen and oxygen atoms in total. The van der Waals surface area contributed by atoms with E-state index in [-0.39, 0.29) is 64.4 Å². The Kier molecular flexibility index (Phi) is 8.26. The van der Waals surface area contributed by atoms with E-state index in [1.165, 1.54) is 7.11 Å². The van der Waals surface area contributed by atoms with Crippen molar-refractivity contribution in [2.75, 3.05) is 33.5 Å². The van der Waals surface area contributed by atoms with E-state index in [1.807, 2.05) is 0 Å². The van der Waals surface area contributed by atoms with E-state index in [9.17, 15) is 24.0 Å². The van der Waals surface area contributed by atoms with Gasteiger partial charge in [-0.1, -0.05) is 5.57 Å². The van der Waals surface area contributed by atoms with Crippen LogP contribution in [0.2, 0.25) is 0 Å². The minimum Gasteiger partial charge on any atom is -0.466 e. The van der Waals surface area contributed by atoms with Crippen LogP contribution < -0.4 is 0 Å². The number of ether oxygens (including phenoxy) is 5. The molecule has 0 aliphatic heterocycles.